The Labute approximate surface area is 160 Å². The number of rotatable bonds is 0. The monoisotopic (exact) mass is 384 g/mol. The molecule has 0 aromatic heterocycles. The fourth-order valence-electron chi connectivity index (χ4n) is 9.16. The maximum atomic E-state index is 14.0. The Morgan fingerprint density at radius 3 is 1.43 bits per heavy atom. The summed E-state index contributed by atoms with van der Waals surface area (Å²) in [6.07, 6.45) is 4.27. The number of hydrogen-bond acceptors (Lipinski definition) is 7. The minimum absolute atomic E-state index is 0.0532. The van der Waals surface area contributed by atoms with Gasteiger partial charge in [-0.05, 0) is 62.2 Å². The number of Topliss-reactive ketones (excluding diaryl/α,β-unsaturated/α-hetero) is 1. The lowest BCUT2D eigenvalue weighted by Gasteiger charge is -2.41. The largest absolute Gasteiger partial charge is 0.393 e. The van der Waals surface area contributed by atoms with Crippen LogP contribution in [-0.4, -0.2) is 29.7 Å². The fraction of sp³-hybridized carbons (Fsp3) is 0.762. The average Bonchev–Trinajstić information content (AvgIpc) is 3.46. The Balaban J connectivity index is 1.27. The number of carbonyl (C=O) groups excluding carboxylic acids is 5. The van der Waals surface area contributed by atoms with Crippen molar-refractivity contribution in [3.63, 3.8) is 0 Å². The van der Waals surface area contributed by atoms with E-state index in [0.29, 0.717) is 12.8 Å². The SMILES string of the molecule is O=C1OC(=O)[C@@H]2C3C[C@H](C12)[C@@]1(CC[C@]2(C[C@@H]4C[C@@H]2C2C(=O)OC(=O)[C@H]24)C1=O)C3. The number of hydrogen-bond donors (Lipinski definition) is 0. The summed E-state index contributed by atoms with van der Waals surface area (Å²) in [6.45, 7) is 0. The number of carbonyl (C=O) groups is 5. The lowest BCUT2D eigenvalue weighted by atomic mass is 9.58. The molecular formula is C21H20O7. The van der Waals surface area contributed by atoms with Gasteiger partial charge in [-0.25, -0.2) is 0 Å². The van der Waals surface area contributed by atoms with Crippen LogP contribution in [0.15, 0.2) is 0 Å². The lowest BCUT2D eigenvalue weighted by molar-refractivity contribution is -0.156. The van der Waals surface area contributed by atoms with Crippen molar-refractivity contribution in [1.82, 2.24) is 0 Å². The van der Waals surface area contributed by atoms with Crippen molar-refractivity contribution in [2.45, 2.75) is 38.5 Å². The third-order valence-electron chi connectivity index (χ3n) is 9.85. The summed E-state index contributed by atoms with van der Waals surface area (Å²) in [6, 6.07) is 0. The molecular weight excluding hydrogens is 364 g/mol. The molecule has 7 rings (SSSR count). The van der Waals surface area contributed by atoms with E-state index in [1.807, 2.05) is 0 Å². The van der Waals surface area contributed by atoms with Crippen molar-refractivity contribution in [1.29, 1.82) is 0 Å². The molecule has 7 fully saturated rings. The van der Waals surface area contributed by atoms with Crippen LogP contribution in [0, 0.1) is 58.2 Å². The highest BCUT2D eigenvalue weighted by Crippen LogP contribution is 2.75. The zero-order valence-corrected chi connectivity index (χ0v) is 15.2. The Bertz CT molecular complexity index is 850. The summed E-state index contributed by atoms with van der Waals surface area (Å²) >= 11 is 0. The van der Waals surface area contributed by atoms with E-state index < -0.39 is 46.5 Å². The molecule has 2 heterocycles. The van der Waals surface area contributed by atoms with Gasteiger partial charge in [-0.15, -0.1) is 0 Å². The average molecular weight is 384 g/mol. The van der Waals surface area contributed by atoms with Gasteiger partial charge in [0.2, 0.25) is 0 Å². The van der Waals surface area contributed by atoms with E-state index in [-0.39, 0.29) is 41.3 Å². The highest BCUT2D eigenvalue weighted by molar-refractivity contribution is 6.02. The van der Waals surface area contributed by atoms with Crippen LogP contribution in [0.5, 0.6) is 0 Å². The van der Waals surface area contributed by atoms with Crippen LogP contribution in [0.3, 0.4) is 0 Å². The molecule has 7 nitrogen and oxygen atoms in total. The summed E-state index contributed by atoms with van der Waals surface area (Å²) in [5, 5.41) is 0. The van der Waals surface area contributed by atoms with Crippen molar-refractivity contribution < 1.29 is 33.4 Å². The second kappa shape index (κ2) is 4.41. The van der Waals surface area contributed by atoms with Crippen LogP contribution >= 0.6 is 0 Å². The van der Waals surface area contributed by atoms with Crippen LogP contribution in [-0.2, 0) is 33.4 Å². The van der Waals surface area contributed by atoms with E-state index in [9.17, 15) is 24.0 Å². The van der Waals surface area contributed by atoms with Crippen molar-refractivity contribution in [2.24, 2.45) is 58.2 Å². The molecule has 5 aliphatic carbocycles. The summed E-state index contributed by atoms with van der Waals surface area (Å²) in [7, 11) is 0. The number of ether oxygens (including phenoxy) is 2. The van der Waals surface area contributed by atoms with E-state index in [2.05, 4.69) is 0 Å². The van der Waals surface area contributed by atoms with Gasteiger partial charge in [0.05, 0.1) is 23.7 Å². The van der Waals surface area contributed by atoms with Crippen LogP contribution < -0.4 is 0 Å². The summed E-state index contributed by atoms with van der Waals surface area (Å²) in [5.41, 5.74) is -1.11. The van der Waals surface area contributed by atoms with Crippen LogP contribution in [0.2, 0.25) is 0 Å². The smallest absolute Gasteiger partial charge is 0.317 e. The molecule has 28 heavy (non-hydrogen) atoms. The first kappa shape index (κ1) is 15.8. The number of ketones is 1. The van der Waals surface area contributed by atoms with Gasteiger partial charge < -0.3 is 9.47 Å². The van der Waals surface area contributed by atoms with Gasteiger partial charge in [0.25, 0.3) is 0 Å². The van der Waals surface area contributed by atoms with Crippen LogP contribution in [0.4, 0.5) is 0 Å². The molecule has 0 amide bonds. The highest BCUT2D eigenvalue weighted by Gasteiger charge is 2.78. The zero-order chi connectivity index (χ0) is 19.2. The second-order valence-corrected chi connectivity index (χ2v) is 10.3. The molecule has 0 aromatic rings. The first-order chi connectivity index (χ1) is 13.4. The van der Waals surface area contributed by atoms with E-state index in [1.165, 1.54) is 0 Å². The normalized spacial score (nSPS) is 57.6. The Morgan fingerprint density at radius 1 is 0.607 bits per heavy atom. The predicted octanol–water partition coefficient (Wildman–Crippen LogP) is 1.03. The zero-order valence-electron chi connectivity index (χ0n) is 15.2. The molecule has 0 aromatic carbocycles. The molecule has 2 saturated heterocycles. The van der Waals surface area contributed by atoms with E-state index in [1.54, 1.807) is 0 Å². The van der Waals surface area contributed by atoms with Gasteiger partial charge in [0.15, 0.2) is 0 Å². The van der Waals surface area contributed by atoms with Gasteiger partial charge in [0.1, 0.15) is 5.78 Å². The van der Waals surface area contributed by atoms with Gasteiger partial charge in [0, 0.05) is 10.8 Å². The third kappa shape index (κ3) is 1.40. The van der Waals surface area contributed by atoms with Crippen LogP contribution in [0.1, 0.15) is 38.5 Å². The van der Waals surface area contributed by atoms with Crippen LogP contribution in [0.25, 0.3) is 0 Å². The minimum atomic E-state index is -0.554. The standard InChI is InChI=1S/C21H20O7/c22-15-11-7-3-9(13(11)17(24)27-15)20(5-7)1-2-21(19(20)26)6-8-4-10(21)14-12(8)16(23)28-18(14)25/h7-14H,1-6H2/t7-,8?,9+,10+,11-,12+,13?,14?,20+,21+/m0/s1. The van der Waals surface area contributed by atoms with Crippen molar-refractivity contribution >= 4 is 29.7 Å². The molecule has 10 atom stereocenters. The predicted molar refractivity (Wildman–Crippen MR) is 87.7 cm³/mol. The number of cyclic esters (lactones) is 4. The van der Waals surface area contributed by atoms with E-state index >= 15 is 0 Å². The third-order valence-corrected chi connectivity index (χ3v) is 9.85. The molecule has 0 N–H and O–H groups in total. The summed E-state index contributed by atoms with van der Waals surface area (Å²) < 4.78 is 9.82. The lowest BCUT2D eigenvalue weighted by Crippen LogP contribution is -2.48. The Kier molecular flexibility index (Phi) is 2.49. The van der Waals surface area contributed by atoms with Gasteiger partial charge in [-0.3, -0.25) is 24.0 Å². The number of esters is 4. The molecule has 0 radical (unpaired) electrons. The van der Waals surface area contributed by atoms with E-state index in [4.69, 9.17) is 9.47 Å². The quantitative estimate of drug-likeness (QED) is 0.454. The first-order valence-electron chi connectivity index (χ1n) is 10.4. The van der Waals surface area contributed by atoms with E-state index in [0.717, 1.165) is 25.7 Å². The highest BCUT2D eigenvalue weighted by atomic mass is 16.6. The molecule has 7 heteroatoms. The van der Waals surface area contributed by atoms with Crippen molar-refractivity contribution in [3.05, 3.63) is 0 Å². The summed E-state index contributed by atoms with van der Waals surface area (Å²) in [4.78, 5) is 62.8. The molecule has 4 bridgehead atoms. The first-order valence-corrected chi connectivity index (χ1v) is 10.4. The summed E-state index contributed by atoms with van der Waals surface area (Å²) in [5.74, 6) is -3.28. The molecule has 7 aliphatic rings. The second-order valence-electron chi connectivity index (χ2n) is 10.3. The molecule has 2 spiro atoms. The molecule has 146 valence electrons. The minimum Gasteiger partial charge on any atom is -0.393 e. The Hall–Kier alpha value is -2.05. The molecule has 5 saturated carbocycles. The van der Waals surface area contributed by atoms with Gasteiger partial charge in [-0.2, -0.15) is 0 Å². The molecule has 3 unspecified atom stereocenters. The molecule has 2 aliphatic heterocycles. The Morgan fingerprint density at radius 2 is 1.00 bits per heavy atom. The van der Waals surface area contributed by atoms with Crippen molar-refractivity contribution in [2.75, 3.05) is 0 Å². The fourth-order valence-corrected chi connectivity index (χ4v) is 9.16. The maximum Gasteiger partial charge on any atom is 0.317 e. The van der Waals surface area contributed by atoms with Gasteiger partial charge in [-0.1, -0.05) is 0 Å². The van der Waals surface area contributed by atoms with Crippen molar-refractivity contribution in [3.8, 4) is 0 Å². The van der Waals surface area contributed by atoms with Gasteiger partial charge >= 0.3 is 23.9 Å². The maximum absolute atomic E-state index is 14.0. The number of fused-ring (bicyclic) bond motifs is 12. The topological polar surface area (TPSA) is 104 Å².